The minimum atomic E-state index is 0.286. The van der Waals surface area contributed by atoms with E-state index in [1.807, 2.05) is 18.3 Å². The van der Waals surface area contributed by atoms with Gasteiger partial charge in [0.2, 0.25) is 0 Å². The van der Waals surface area contributed by atoms with E-state index >= 15 is 0 Å². The summed E-state index contributed by atoms with van der Waals surface area (Å²) in [7, 11) is 0. The van der Waals surface area contributed by atoms with E-state index in [1.165, 1.54) is 12.8 Å². The van der Waals surface area contributed by atoms with Gasteiger partial charge in [-0.15, -0.1) is 0 Å². The second-order valence-corrected chi connectivity index (χ2v) is 5.26. The Morgan fingerprint density at radius 1 is 1.39 bits per heavy atom. The average molecular weight is 242 g/mol. The van der Waals surface area contributed by atoms with Gasteiger partial charge in [0, 0.05) is 18.1 Å². The SMILES string of the molecule is CC(CNc1nccc2ccc(O)cc12)C1CC1. The maximum Gasteiger partial charge on any atom is 0.133 e. The zero-order valence-corrected chi connectivity index (χ0v) is 10.6. The predicted molar refractivity (Wildman–Crippen MR) is 73.8 cm³/mol. The summed E-state index contributed by atoms with van der Waals surface area (Å²) >= 11 is 0. The summed E-state index contributed by atoms with van der Waals surface area (Å²) in [5, 5.41) is 15.1. The molecule has 0 saturated heterocycles. The van der Waals surface area contributed by atoms with Crippen LogP contribution in [0.5, 0.6) is 5.75 Å². The first-order valence-electron chi connectivity index (χ1n) is 6.55. The van der Waals surface area contributed by atoms with Crippen LogP contribution in [0.1, 0.15) is 19.8 Å². The minimum absolute atomic E-state index is 0.286. The van der Waals surface area contributed by atoms with E-state index in [9.17, 15) is 5.11 Å². The van der Waals surface area contributed by atoms with Crippen molar-refractivity contribution in [3.8, 4) is 5.75 Å². The molecule has 2 N–H and O–H groups in total. The van der Waals surface area contributed by atoms with Crippen LogP contribution in [0.15, 0.2) is 30.5 Å². The zero-order valence-electron chi connectivity index (χ0n) is 10.6. The van der Waals surface area contributed by atoms with Crippen molar-refractivity contribution in [2.75, 3.05) is 11.9 Å². The molecule has 94 valence electrons. The lowest BCUT2D eigenvalue weighted by Crippen LogP contribution is -2.13. The van der Waals surface area contributed by atoms with Gasteiger partial charge in [0.1, 0.15) is 11.6 Å². The van der Waals surface area contributed by atoms with Gasteiger partial charge < -0.3 is 10.4 Å². The molecule has 18 heavy (non-hydrogen) atoms. The molecule has 0 aliphatic heterocycles. The number of pyridine rings is 1. The zero-order chi connectivity index (χ0) is 12.5. The van der Waals surface area contributed by atoms with Crippen molar-refractivity contribution in [1.82, 2.24) is 4.98 Å². The summed E-state index contributed by atoms with van der Waals surface area (Å²) in [6.07, 6.45) is 4.54. The monoisotopic (exact) mass is 242 g/mol. The normalized spacial score (nSPS) is 16.7. The number of phenols is 1. The van der Waals surface area contributed by atoms with Crippen LogP contribution in [0.2, 0.25) is 0 Å². The molecule has 0 bridgehead atoms. The fourth-order valence-corrected chi connectivity index (χ4v) is 2.39. The van der Waals surface area contributed by atoms with Gasteiger partial charge in [0.25, 0.3) is 0 Å². The molecule has 3 rings (SSSR count). The first kappa shape index (κ1) is 11.3. The summed E-state index contributed by atoms with van der Waals surface area (Å²) in [4.78, 5) is 4.38. The summed E-state index contributed by atoms with van der Waals surface area (Å²) in [6.45, 7) is 3.24. The van der Waals surface area contributed by atoms with Crippen LogP contribution in [0, 0.1) is 11.8 Å². The van der Waals surface area contributed by atoms with Gasteiger partial charge in [-0.3, -0.25) is 0 Å². The van der Waals surface area contributed by atoms with E-state index in [2.05, 4.69) is 17.2 Å². The van der Waals surface area contributed by atoms with Crippen molar-refractivity contribution in [1.29, 1.82) is 0 Å². The van der Waals surface area contributed by atoms with Crippen molar-refractivity contribution in [2.24, 2.45) is 11.8 Å². The van der Waals surface area contributed by atoms with Crippen LogP contribution in [-0.2, 0) is 0 Å². The molecule has 0 amide bonds. The Bertz CT molecular complexity index is 563. The highest BCUT2D eigenvalue weighted by Gasteiger charge is 2.27. The standard InChI is InChI=1S/C15H18N2O/c1-10(11-2-3-11)9-17-15-14-8-13(18)5-4-12(14)6-7-16-15/h4-8,10-11,18H,2-3,9H2,1H3,(H,16,17). The third-order valence-corrected chi connectivity index (χ3v) is 3.77. The molecule has 1 heterocycles. The number of fused-ring (bicyclic) bond motifs is 1. The molecular formula is C15H18N2O. The Kier molecular flexibility index (Phi) is 2.82. The Morgan fingerprint density at radius 3 is 3.00 bits per heavy atom. The number of phenolic OH excluding ortho intramolecular Hbond substituents is 1. The molecular weight excluding hydrogens is 224 g/mol. The van der Waals surface area contributed by atoms with Crippen molar-refractivity contribution in [2.45, 2.75) is 19.8 Å². The molecule has 2 aromatic rings. The number of aromatic nitrogens is 1. The fourth-order valence-electron chi connectivity index (χ4n) is 2.39. The van der Waals surface area contributed by atoms with Crippen molar-refractivity contribution < 1.29 is 5.11 Å². The van der Waals surface area contributed by atoms with Crippen LogP contribution < -0.4 is 5.32 Å². The van der Waals surface area contributed by atoms with Gasteiger partial charge in [0.05, 0.1) is 0 Å². The summed E-state index contributed by atoms with van der Waals surface area (Å²) in [6, 6.07) is 7.36. The lowest BCUT2D eigenvalue weighted by atomic mass is 10.1. The van der Waals surface area contributed by atoms with Crippen molar-refractivity contribution in [3.63, 3.8) is 0 Å². The third-order valence-electron chi connectivity index (χ3n) is 3.77. The lowest BCUT2D eigenvalue weighted by molar-refractivity contribution is 0.476. The van der Waals surface area contributed by atoms with Crippen LogP contribution in [0.3, 0.4) is 0 Å². The van der Waals surface area contributed by atoms with E-state index in [0.717, 1.165) is 29.1 Å². The number of nitrogens with zero attached hydrogens (tertiary/aromatic N) is 1. The second-order valence-electron chi connectivity index (χ2n) is 5.26. The topological polar surface area (TPSA) is 45.2 Å². The van der Waals surface area contributed by atoms with Gasteiger partial charge in [-0.2, -0.15) is 0 Å². The Morgan fingerprint density at radius 2 is 2.22 bits per heavy atom. The Labute approximate surface area is 107 Å². The first-order chi connectivity index (χ1) is 8.74. The van der Waals surface area contributed by atoms with Crippen molar-refractivity contribution >= 4 is 16.6 Å². The largest absolute Gasteiger partial charge is 0.508 e. The Balaban J connectivity index is 1.83. The molecule has 0 spiro atoms. The van der Waals surface area contributed by atoms with E-state index in [1.54, 1.807) is 12.1 Å². The van der Waals surface area contributed by atoms with E-state index in [-0.39, 0.29) is 5.75 Å². The first-order valence-corrected chi connectivity index (χ1v) is 6.55. The molecule has 3 nitrogen and oxygen atoms in total. The molecule has 1 atom stereocenters. The van der Waals surface area contributed by atoms with Crippen molar-refractivity contribution in [3.05, 3.63) is 30.5 Å². The highest BCUT2D eigenvalue weighted by molar-refractivity contribution is 5.92. The predicted octanol–water partition coefficient (Wildman–Crippen LogP) is 3.40. The van der Waals surface area contributed by atoms with Gasteiger partial charge in [0.15, 0.2) is 0 Å². The van der Waals surface area contributed by atoms with Gasteiger partial charge in [-0.05, 0) is 48.3 Å². The second kappa shape index (κ2) is 4.48. The molecule has 3 heteroatoms. The molecule has 1 saturated carbocycles. The van der Waals surface area contributed by atoms with Crippen LogP contribution in [-0.4, -0.2) is 16.6 Å². The average Bonchev–Trinajstić information content (AvgIpc) is 3.20. The number of benzene rings is 1. The quantitative estimate of drug-likeness (QED) is 0.863. The third kappa shape index (κ3) is 2.26. The molecule has 0 radical (unpaired) electrons. The molecule has 1 aromatic heterocycles. The van der Waals surface area contributed by atoms with Crippen LogP contribution in [0.25, 0.3) is 10.8 Å². The number of anilines is 1. The summed E-state index contributed by atoms with van der Waals surface area (Å²) in [5.74, 6) is 2.74. The van der Waals surface area contributed by atoms with E-state index in [4.69, 9.17) is 0 Å². The van der Waals surface area contributed by atoms with E-state index in [0.29, 0.717) is 5.92 Å². The molecule has 1 aliphatic carbocycles. The number of aromatic hydroxyl groups is 1. The van der Waals surface area contributed by atoms with Gasteiger partial charge in [-0.25, -0.2) is 4.98 Å². The van der Waals surface area contributed by atoms with Gasteiger partial charge in [-0.1, -0.05) is 13.0 Å². The molecule has 1 fully saturated rings. The smallest absolute Gasteiger partial charge is 0.133 e. The fraction of sp³-hybridized carbons (Fsp3) is 0.400. The minimum Gasteiger partial charge on any atom is -0.508 e. The number of hydrogen-bond donors (Lipinski definition) is 2. The molecule has 1 aliphatic rings. The maximum absolute atomic E-state index is 9.57. The van der Waals surface area contributed by atoms with Gasteiger partial charge >= 0.3 is 0 Å². The summed E-state index contributed by atoms with van der Waals surface area (Å²) < 4.78 is 0. The molecule has 1 unspecified atom stereocenters. The highest BCUT2D eigenvalue weighted by Crippen LogP contribution is 2.36. The lowest BCUT2D eigenvalue weighted by Gasteiger charge is -2.13. The van der Waals surface area contributed by atoms with Crippen LogP contribution >= 0.6 is 0 Å². The maximum atomic E-state index is 9.57. The summed E-state index contributed by atoms with van der Waals surface area (Å²) in [5.41, 5.74) is 0. The molecule has 1 aromatic carbocycles. The number of nitrogens with one attached hydrogen (secondary N) is 1. The number of rotatable bonds is 4. The number of hydrogen-bond acceptors (Lipinski definition) is 3. The Hall–Kier alpha value is -1.77. The van der Waals surface area contributed by atoms with Crippen LogP contribution in [0.4, 0.5) is 5.82 Å². The van der Waals surface area contributed by atoms with E-state index < -0.39 is 0 Å². The highest BCUT2D eigenvalue weighted by atomic mass is 16.3.